The summed E-state index contributed by atoms with van der Waals surface area (Å²) in [5.74, 6) is 0.632. The van der Waals surface area contributed by atoms with Gasteiger partial charge >= 0.3 is 0 Å². The first-order chi connectivity index (χ1) is 17.4. The molecular weight excluding hydrogens is 456 g/mol. The van der Waals surface area contributed by atoms with E-state index in [1.165, 1.54) is 17.5 Å². The number of likely N-dealkylation sites (tertiary alicyclic amines) is 2. The van der Waals surface area contributed by atoms with Crippen molar-refractivity contribution >= 4 is 17.6 Å². The highest BCUT2D eigenvalue weighted by Gasteiger charge is 2.53. The van der Waals surface area contributed by atoms with Crippen molar-refractivity contribution in [3.63, 3.8) is 0 Å². The largest absolute Gasteiger partial charge is 0.390 e. The van der Waals surface area contributed by atoms with E-state index in [4.69, 9.17) is 0 Å². The number of benzene rings is 1. The molecule has 6 rings (SSSR count). The third-order valence-electron chi connectivity index (χ3n) is 8.56. The van der Waals surface area contributed by atoms with Gasteiger partial charge in [-0.25, -0.2) is 9.97 Å². The zero-order valence-electron chi connectivity index (χ0n) is 20.8. The number of aliphatic hydroxyl groups is 1. The van der Waals surface area contributed by atoms with E-state index in [1.54, 1.807) is 17.9 Å². The molecule has 0 radical (unpaired) electrons. The fraction of sp³-hybridized carbons (Fsp3) is 0.556. The Labute approximate surface area is 211 Å². The molecule has 2 atom stereocenters. The lowest BCUT2D eigenvalue weighted by atomic mass is 9.60. The van der Waals surface area contributed by atoms with Crippen LogP contribution in [0.15, 0.2) is 36.7 Å². The molecule has 9 heteroatoms. The molecule has 1 aliphatic carbocycles. The third kappa shape index (κ3) is 4.35. The minimum atomic E-state index is -0.587. The first kappa shape index (κ1) is 23.4. The van der Waals surface area contributed by atoms with Crippen LogP contribution in [-0.2, 0) is 17.8 Å². The molecule has 3 aliphatic heterocycles. The van der Waals surface area contributed by atoms with Crippen molar-refractivity contribution in [2.24, 2.45) is 5.41 Å². The lowest BCUT2D eigenvalue weighted by molar-refractivity contribution is -0.147. The summed E-state index contributed by atoms with van der Waals surface area (Å²) in [6.07, 6.45) is 4.59. The summed E-state index contributed by atoms with van der Waals surface area (Å²) in [7, 11) is 0. The summed E-state index contributed by atoms with van der Waals surface area (Å²) in [5.41, 5.74) is 3.34. The zero-order valence-corrected chi connectivity index (χ0v) is 20.8. The molecule has 36 heavy (non-hydrogen) atoms. The third-order valence-corrected chi connectivity index (χ3v) is 8.56. The van der Waals surface area contributed by atoms with Gasteiger partial charge in [0, 0.05) is 69.8 Å². The van der Waals surface area contributed by atoms with Gasteiger partial charge in [-0.3, -0.25) is 14.5 Å². The smallest absolute Gasteiger partial charge is 0.272 e. The predicted molar refractivity (Wildman–Crippen MR) is 134 cm³/mol. The summed E-state index contributed by atoms with van der Waals surface area (Å²) < 4.78 is 0. The molecule has 2 saturated heterocycles. The van der Waals surface area contributed by atoms with Crippen molar-refractivity contribution in [1.29, 1.82) is 0 Å². The summed E-state index contributed by atoms with van der Waals surface area (Å²) in [6.45, 7) is 6.00. The van der Waals surface area contributed by atoms with Gasteiger partial charge < -0.3 is 20.2 Å². The van der Waals surface area contributed by atoms with E-state index in [1.807, 2.05) is 4.90 Å². The van der Waals surface area contributed by atoms with Crippen molar-refractivity contribution in [1.82, 2.24) is 24.7 Å². The fourth-order valence-electron chi connectivity index (χ4n) is 6.59. The number of nitrogens with zero attached hydrogens (tertiary/aromatic N) is 5. The Kier molecular flexibility index (Phi) is 5.92. The van der Waals surface area contributed by atoms with Crippen molar-refractivity contribution in [3.8, 4) is 0 Å². The molecule has 1 aromatic heterocycles. The summed E-state index contributed by atoms with van der Waals surface area (Å²) >= 11 is 0. The van der Waals surface area contributed by atoms with Crippen LogP contribution < -0.4 is 5.32 Å². The van der Waals surface area contributed by atoms with Gasteiger partial charge in [0.05, 0.1) is 6.10 Å². The summed E-state index contributed by atoms with van der Waals surface area (Å²) in [4.78, 5) is 39.2. The molecule has 2 amide bonds. The van der Waals surface area contributed by atoms with Crippen LogP contribution in [0.25, 0.3) is 0 Å². The Bertz CT molecular complexity index is 1160. The SMILES string of the molecule is CC(=O)N1CC2(CC(Nc3cc(C(=O)N4CCC(N5CCc6ccccc6C5)C(O)C4)ncn3)C2)C1. The Hall–Kier alpha value is -3.04. The second-order valence-electron chi connectivity index (χ2n) is 11.1. The van der Waals surface area contributed by atoms with Gasteiger partial charge in [-0.05, 0) is 36.8 Å². The van der Waals surface area contributed by atoms with Gasteiger partial charge in [-0.1, -0.05) is 24.3 Å². The van der Waals surface area contributed by atoms with Crippen LogP contribution in [0.1, 0.15) is 47.8 Å². The number of amides is 2. The fourth-order valence-corrected chi connectivity index (χ4v) is 6.59. The Balaban J connectivity index is 1.03. The van der Waals surface area contributed by atoms with Gasteiger partial charge in [-0.15, -0.1) is 0 Å². The quantitative estimate of drug-likeness (QED) is 0.670. The molecule has 1 aromatic carbocycles. The Morgan fingerprint density at radius 1 is 1.08 bits per heavy atom. The molecule has 1 spiro atoms. The molecule has 1 saturated carbocycles. The molecule has 9 nitrogen and oxygen atoms in total. The average Bonchev–Trinajstić information content (AvgIpc) is 2.83. The zero-order chi connectivity index (χ0) is 24.9. The Morgan fingerprint density at radius 2 is 1.86 bits per heavy atom. The molecule has 2 N–H and O–H groups in total. The van der Waals surface area contributed by atoms with E-state index >= 15 is 0 Å². The van der Waals surface area contributed by atoms with E-state index in [0.717, 1.165) is 51.9 Å². The van der Waals surface area contributed by atoms with Gasteiger partial charge in [0.15, 0.2) is 0 Å². The van der Waals surface area contributed by atoms with Gasteiger partial charge in [0.2, 0.25) is 5.91 Å². The van der Waals surface area contributed by atoms with Gasteiger partial charge in [-0.2, -0.15) is 0 Å². The number of β-amino-alcohol motifs (C(OH)–C–C–N with tert-alkyl or cyclic N) is 1. The standard InChI is InChI=1S/C27H34N6O3/c1-18(34)33-15-27(16-33)11-21(12-27)30-25-10-22(28-17-29-25)26(36)32-9-7-23(24(35)14-32)31-8-6-19-4-2-3-5-20(19)13-31/h2-5,10,17,21,23-24,35H,6-9,11-16H2,1H3,(H,28,29,30). The van der Waals surface area contributed by atoms with Crippen LogP contribution >= 0.6 is 0 Å². The van der Waals surface area contributed by atoms with E-state index in [9.17, 15) is 14.7 Å². The number of hydrogen-bond donors (Lipinski definition) is 2. The molecule has 3 fully saturated rings. The van der Waals surface area contributed by atoms with Crippen molar-refractivity contribution in [2.45, 2.75) is 57.3 Å². The average molecular weight is 491 g/mol. The van der Waals surface area contributed by atoms with Crippen LogP contribution in [-0.4, -0.2) is 92.5 Å². The van der Waals surface area contributed by atoms with Gasteiger partial charge in [0.1, 0.15) is 17.8 Å². The number of aromatic nitrogens is 2. The number of rotatable bonds is 4. The normalized spacial score (nSPS) is 25.6. The molecule has 2 aromatic rings. The topological polar surface area (TPSA) is 102 Å². The molecule has 0 bridgehead atoms. The second kappa shape index (κ2) is 9.12. The van der Waals surface area contributed by atoms with Crippen molar-refractivity contribution < 1.29 is 14.7 Å². The summed E-state index contributed by atoms with van der Waals surface area (Å²) in [5, 5.41) is 14.4. The Morgan fingerprint density at radius 3 is 2.61 bits per heavy atom. The lowest BCUT2D eigenvalue weighted by Gasteiger charge is -2.59. The monoisotopic (exact) mass is 490 g/mol. The van der Waals surface area contributed by atoms with Crippen molar-refractivity contribution in [3.05, 3.63) is 53.5 Å². The van der Waals surface area contributed by atoms with Crippen LogP contribution in [0.5, 0.6) is 0 Å². The van der Waals surface area contributed by atoms with Crippen LogP contribution in [0.4, 0.5) is 5.82 Å². The number of piperidine rings is 1. The molecular formula is C27H34N6O3. The number of carbonyl (C=O) groups is 2. The molecule has 4 heterocycles. The maximum atomic E-state index is 13.2. The van der Waals surface area contributed by atoms with E-state index in [-0.39, 0.29) is 23.3 Å². The predicted octanol–water partition coefficient (Wildman–Crippen LogP) is 1.53. The number of fused-ring (bicyclic) bond motifs is 1. The highest BCUT2D eigenvalue weighted by Crippen LogP contribution is 2.49. The summed E-state index contributed by atoms with van der Waals surface area (Å²) in [6, 6.07) is 10.6. The number of aliphatic hydroxyl groups excluding tert-OH is 1. The highest BCUT2D eigenvalue weighted by molar-refractivity contribution is 5.93. The highest BCUT2D eigenvalue weighted by atomic mass is 16.3. The maximum Gasteiger partial charge on any atom is 0.272 e. The minimum Gasteiger partial charge on any atom is -0.390 e. The molecule has 4 aliphatic rings. The van der Waals surface area contributed by atoms with E-state index in [0.29, 0.717) is 30.6 Å². The number of carbonyl (C=O) groups excluding carboxylic acids is 2. The van der Waals surface area contributed by atoms with Gasteiger partial charge in [0.25, 0.3) is 5.91 Å². The first-order valence-corrected chi connectivity index (χ1v) is 13.0. The minimum absolute atomic E-state index is 0.0569. The first-order valence-electron chi connectivity index (χ1n) is 13.0. The van der Waals surface area contributed by atoms with E-state index < -0.39 is 6.10 Å². The number of nitrogens with one attached hydrogen (secondary N) is 1. The van der Waals surface area contributed by atoms with Crippen molar-refractivity contribution in [2.75, 3.05) is 38.0 Å². The van der Waals surface area contributed by atoms with Crippen LogP contribution in [0.2, 0.25) is 0 Å². The van der Waals surface area contributed by atoms with Crippen LogP contribution in [0, 0.1) is 5.41 Å². The molecule has 190 valence electrons. The molecule has 2 unspecified atom stereocenters. The lowest BCUT2D eigenvalue weighted by Crippen LogP contribution is -2.65. The van der Waals surface area contributed by atoms with E-state index in [2.05, 4.69) is 44.5 Å². The number of anilines is 1. The second-order valence-corrected chi connectivity index (χ2v) is 11.1. The van der Waals surface area contributed by atoms with Crippen LogP contribution in [0.3, 0.4) is 0 Å². The number of hydrogen-bond acceptors (Lipinski definition) is 7. The maximum absolute atomic E-state index is 13.2.